The Hall–Kier alpha value is -0.590. The summed E-state index contributed by atoms with van der Waals surface area (Å²) in [5.41, 5.74) is -0.352. The lowest BCUT2D eigenvalue weighted by Crippen LogP contribution is -2.50. The number of carbonyl (C=O) groups is 1. The van der Waals surface area contributed by atoms with Crippen molar-refractivity contribution in [2.75, 3.05) is 6.61 Å². The van der Waals surface area contributed by atoms with Gasteiger partial charge in [-0.1, -0.05) is 6.92 Å². The van der Waals surface area contributed by atoms with Gasteiger partial charge in [0.05, 0.1) is 6.54 Å². The van der Waals surface area contributed by atoms with Crippen molar-refractivity contribution in [2.45, 2.75) is 38.8 Å². The van der Waals surface area contributed by atoms with Crippen LogP contribution in [-0.2, 0) is 6.54 Å². The summed E-state index contributed by atoms with van der Waals surface area (Å²) in [6.07, 6.45) is 1.34. The minimum absolute atomic E-state index is 0.0719. The van der Waals surface area contributed by atoms with Crippen LogP contribution >= 0.6 is 27.3 Å². The van der Waals surface area contributed by atoms with E-state index in [4.69, 9.17) is 5.11 Å². The zero-order chi connectivity index (χ0) is 13.6. The summed E-state index contributed by atoms with van der Waals surface area (Å²) in [5, 5.41) is 16.7. The Morgan fingerprint density at radius 3 is 2.83 bits per heavy atom. The summed E-state index contributed by atoms with van der Waals surface area (Å²) >= 11 is 4.97. The monoisotopic (exact) mass is 334 g/mol. The standard InChI is InChI=1S/C12H19BrN2O2S/c1-3-12(2,4-5-16)15-11(17)14-7-10-6-9(13)8-18-10/h6,8,16H,3-5,7H2,1-2H3,(H2,14,15,17). The van der Waals surface area contributed by atoms with Gasteiger partial charge in [-0.15, -0.1) is 11.3 Å². The van der Waals surface area contributed by atoms with E-state index >= 15 is 0 Å². The van der Waals surface area contributed by atoms with Crippen molar-refractivity contribution in [1.29, 1.82) is 0 Å². The maximum Gasteiger partial charge on any atom is 0.315 e. The molecule has 0 aliphatic rings. The van der Waals surface area contributed by atoms with Crippen LogP contribution in [0.5, 0.6) is 0 Å². The van der Waals surface area contributed by atoms with Gasteiger partial charge in [0, 0.05) is 26.9 Å². The van der Waals surface area contributed by atoms with Crippen LogP contribution in [0.2, 0.25) is 0 Å². The van der Waals surface area contributed by atoms with E-state index in [-0.39, 0.29) is 18.2 Å². The third-order valence-corrected chi connectivity index (χ3v) is 4.60. The average molecular weight is 335 g/mol. The van der Waals surface area contributed by atoms with E-state index in [1.807, 2.05) is 25.3 Å². The minimum Gasteiger partial charge on any atom is -0.396 e. The van der Waals surface area contributed by atoms with E-state index in [1.54, 1.807) is 11.3 Å². The third-order valence-electron chi connectivity index (χ3n) is 2.90. The molecular weight excluding hydrogens is 316 g/mol. The Balaban J connectivity index is 2.41. The molecule has 1 heterocycles. The lowest BCUT2D eigenvalue weighted by Gasteiger charge is -2.28. The van der Waals surface area contributed by atoms with Crippen molar-refractivity contribution in [3.05, 3.63) is 20.8 Å². The fourth-order valence-corrected chi connectivity index (χ4v) is 2.90. The van der Waals surface area contributed by atoms with E-state index in [1.165, 1.54) is 0 Å². The smallest absolute Gasteiger partial charge is 0.315 e. The van der Waals surface area contributed by atoms with E-state index in [0.29, 0.717) is 13.0 Å². The average Bonchev–Trinajstić information content (AvgIpc) is 2.73. The molecule has 1 aromatic heterocycles. The van der Waals surface area contributed by atoms with Gasteiger partial charge >= 0.3 is 6.03 Å². The van der Waals surface area contributed by atoms with Crippen molar-refractivity contribution in [3.8, 4) is 0 Å². The first-order chi connectivity index (χ1) is 8.49. The highest BCUT2D eigenvalue weighted by Gasteiger charge is 2.23. The SMILES string of the molecule is CCC(C)(CCO)NC(=O)NCc1cc(Br)cs1. The Kier molecular flexibility index (Phi) is 6.11. The molecule has 0 fully saturated rings. The van der Waals surface area contributed by atoms with Gasteiger partial charge in [0.25, 0.3) is 0 Å². The molecule has 2 amide bonds. The number of aliphatic hydroxyl groups is 1. The summed E-state index contributed by atoms with van der Waals surface area (Å²) in [5.74, 6) is 0. The van der Waals surface area contributed by atoms with E-state index in [9.17, 15) is 4.79 Å². The molecule has 0 spiro atoms. The maximum absolute atomic E-state index is 11.8. The number of hydrogen-bond acceptors (Lipinski definition) is 3. The van der Waals surface area contributed by atoms with Crippen LogP contribution in [-0.4, -0.2) is 23.3 Å². The quantitative estimate of drug-likeness (QED) is 0.749. The Labute approximate surface area is 120 Å². The van der Waals surface area contributed by atoms with Crippen LogP contribution < -0.4 is 10.6 Å². The first-order valence-corrected chi connectivity index (χ1v) is 7.56. The number of thiophene rings is 1. The fraction of sp³-hybridized carbons (Fsp3) is 0.583. The third kappa shape index (κ3) is 4.96. The predicted octanol–water partition coefficient (Wildman–Crippen LogP) is 2.86. The number of hydrogen-bond donors (Lipinski definition) is 3. The number of urea groups is 1. The molecule has 1 aromatic rings. The van der Waals surface area contributed by atoms with Crippen molar-refractivity contribution >= 4 is 33.3 Å². The van der Waals surface area contributed by atoms with Gasteiger partial charge in [-0.05, 0) is 41.8 Å². The molecule has 0 saturated heterocycles. The van der Waals surface area contributed by atoms with Crippen LogP contribution in [0.1, 0.15) is 31.6 Å². The van der Waals surface area contributed by atoms with Gasteiger partial charge < -0.3 is 15.7 Å². The maximum atomic E-state index is 11.8. The molecule has 0 saturated carbocycles. The first kappa shape index (κ1) is 15.5. The molecular formula is C12H19BrN2O2S. The second kappa shape index (κ2) is 7.11. The predicted molar refractivity (Wildman–Crippen MR) is 77.8 cm³/mol. The summed E-state index contributed by atoms with van der Waals surface area (Å²) in [6.45, 7) is 4.51. The van der Waals surface area contributed by atoms with Crippen molar-refractivity contribution in [2.24, 2.45) is 0 Å². The molecule has 18 heavy (non-hydrogen) atoms. The molecule has 102 valence electrons. The molecule has 6 heteroatoms. The van der Waals surface area contributed by atoms with Crippen molar-refractivity contribution in [3.63, 3.8) is 0 Å². The second-order valence-corrected chi connectivity index (χ2v) is 6.34. The zero-order valence-electron chi connectivity index (χ0n) is 10.6. The van der Waals surface area contributed by atoms with Crippen LogP contribution in [0.4, 0.5) is 4.79 Å². The van der Waals surface area contributed by atoms with E-state index in [2.05, 4.69) is 26.6 Å². The summed E-state index contributed by atoms with van der Waals surface area (Å²) in [4.78, 5) is 12.9. The topological polar surface area (TPSA) is 61.4 Å². The normalized spacial score (nSPS) is 14.0. The van der Waals surface area contributed by atoms with Gasteiger partial charge in [0.15, 0.2) is 0 Å². The fourth-order valence-electron chi connectivity index (χ4n) is 1.51. The molecule has 1 atom stereocenters. The molecule has 3 N–H and O–H groups in total. The lowest BCUT2D eigenvalue weighted by molar-refractivity contribution is 0.201. The number of carbonyl (C=O) groups excluding carboxylic acids is 1. The number of aliphatic hydroxyl groups excluding tert-OH is 1. The molecule has 0 aliphatic carbocycles. The van der Waals surface area contributed by atoms with E-state index < -0.39 is 0 Å². The van der Waals surface area contributed by atoms with Crippen LogP contribution in [0.25, 0.3) is 0 Å². The Morgan fingerprint density at radius 1 is 1.61 bits per heavy atom. The lowest BCUT2D eigenvalue weighted by atomic mass is 9.95. The van der Waals surface area contributed by atoms with Crippen LogP contribution in [0, 0.1) is 0 Å². The second-order valence-electron chi connectivity index (χ2n) is 4.43. The molecule has 0 radical (unpaired) electrons. The molecule has 0 aromatic carbocycles. The molecule has 0 aliphatic heterocycles. The highest BCUT2D eigenvalue weighted by molar-refractivity contribution is 9.10. The Bertz CT molecular complexity index is 397. The summed E-state index contributed by atoms with van der Waals surface area (Å²) in [7, 11) is 0. The van der Waals surface area contributed by atoms with Gasteiger partial charge in [0.1, 0.15) is 0 Å². The summed E-state index contributed by atoms with van der Waals surface area (Å²) < 4.78 is 1.03. The number of rotatable bonds is 6. The van der Waals surface area contributed by atoms with Gasteiger partial charge in [-0.2, -0.15) is 0 Å². The first-order valence-electron chi connectivity index (χ1n) is 5.89. The van der Waals surface area contributed by atoms with Crippen LogP contribution in [0.15, 0.2) is 15.9 Å². The Morgan fingerprint density at radius 2 is 2.33 bits per heavy atom. The van der Waals surface area contributed by atoms with Gasteiger partial charge in [-0.25, -0.2) is 4.79 Å². The molecule has 0 bridgehead atoms. The zero-order valence-corrected chi connectivity index (χ0v) is 13.0. The van der Waals surface area contributed by atoms with Crippen LogP contribution in [0.3, 0.4) is 0 Å². The number of nitrogens with one attached hydrogen (secondary N) is 2. The van der Waals surface area contributed by atoms with Crippen molar-refractivity contribution < 1.29 is 9.90 Å². The minimum atomic E-state index is -0.352. The summed E-state index contributed by atoms with van der Waals surface area (Å²) in [6, 6.07) is 1.79. The largest absolute Gasteiger partial charge is 0.396 e. The van der Waals surface area contributed by atoms with Gasteiger partial charge in [0.2, 0.25) is 0 Å². The highest BCUT2D eigenvalue weighted by Crippen LogP contribution is 2.19. The highest BCUT2D eigenvalue weighted by atomic mass is 79.9. The number of halogens is 1. The number of amides is 2. The molecule has 1 rings (SSSR count). The van der Waals surface area contributed by atoms with Gasteiger partial charge in [-0.3, -0.25) is 0 Å². The van der Waals surface area contributed by atoms with E-state index in [0.717, 1.165) is 15.8 Å². The molecule has 4 nitrogen and oxygen atoms in total. The van der Waals surface area contributed by atoms with Crippen molar-refractivity contribution in [1.82, 2.24) is 10.6 Å². The molecule has 1 unspecified atom stereocenters.